The maximum Gasteiger partial charge on any atom is 0.328 e. The standard InChI is InChI=1S/C15H15NO6/c1-20-11-4-2-3-9-7-12(22-13(9)11)14(17)16-5-6-21-8-10(16)15(18)19/h2-4,7,10H,5-6,8H2,1H3,(H,18,19)/t10-/m0/s1. The summed E-state index contributed by atoms with van der Waals surface area (Å²) in [5.41, 5.74) is 0.466. The number of carbonyl (C=O) groups is 2. The molecule has 2 heterocycles. The summed E-state index contributed by atoms with van der Waals surface area (Å²) in [5.74, 6) is -0.948. The Hall–Kier alpha value is -2.54. The number of methoxy groups -OCH3 is 1. The molecule has 0 aliphatic carbocycles. The minimum atomic E-state index is -1.10. The minimum Gasteiger partial charge on any atom is -0.493 e. The van der Waals surface area contributed by atoms with Crippen molar-refractivity contribution in [2.75, 3.05) is 26.9 Å². The van der Waals surface area contributed by atoms with Gasteiger partial charge in [0.2, 0.25) is 0 Å². The van der Waals surface area contributed by atoms with Crippen molar-refractivity contribution in [2.45, 2.75) is 6.04 Å². The second-order valence-electron chi connectivity index (χ2n) is 4.92. The quantitative estimate of drug-likeness (QED) is 0.921. The van der Waals surface area contributed by atoms with Gasteiger partial charge in [-0.3, -0.25) is 4.79 Å². The molecule has 1 amide bonds. The molecule has 22 heavy (non-hydrogen) atoms. The Labute approximate surface area is 126 Å². The fraction of sp³-hybridized carbons (Fsp3) is 0.333. The van der Waals surface area contributed by atoms with Crippen LogP contribution in [0, 0.1) is 0 Å². The third kappa shape index (κ3) is 2.39. The summed E-state index contributed by atoms with van der Waals surface area (Å²) in [4.78, 5) is 25.1. The van der Waals surface area contributed by atoms with E-state index in [9.17, 15) is 14.7 Å². The molecule has 7 nitrogen and oxygen atoms in total. The summed E-state index contributed by atoms with van der Waals surface area (Å²) < 4.78 is 15.9. The largest absolute Gasteiger partial charge is 0.493 e. The molecule has 1 saturated heterocycles. The highest BCUT2D eigenvalue weighted by atomic mass is 16.5. The normalized spacial score (nSPS) is 18.4. The van der Waals surface area contributed by atoms with E-state index in [1.807, 2.05) is 0 Å². The average molecular weight is 305 g/mol. The highest BCUT2D eigenvalue weighted by Gasteiger charge is 2.34. The molecule has 0 bridgehead atoms. The maximum atomic E-state index is 12.6. The van der Waals surface area contributed by atoms with Gasteiger partial charge in [-0.1, -0.05) is 12.1 Å². The molecule has 1 atom stereocenters. The summed E-state index contributed by atoms with van der Waals surface area (Å²) in [6, 6.07) is 5.91. The second kappa shape index (κ2) is 5.69. The van der Waals surface area contributed by atoms with Gasteiger partial charge in [0.05, 0.1) is 20.3 Å². The zero-order valence-corrected chi connectivity index (χ0v) is 11.9. The summed E-state index contributed by atoms with van der Waals surface area (Å²) in [7, 11) is 1.52. The first kappa shape index (κ1) is 14.4. The van der Waals surface area contributed by atoms with Gasteiger partial charge in [-0.2, -0.15) is 0 Å². The van der Waals surface area contributed by atoms with Crippen LogP contribution >= 0.6 is 0 Å². The Kier molecular flexibility index (Phi) is 3.72. The fourth-order valence-corrected chi connectivity index (χ4v) is 2.50. The zero-order chi connectivity index (χ0) is 15.7. The number of benzene rings is 1. The smallest absolute Gasteiger partial charge is 0.328 e. The van der Waals surface area contributed by atoms with Crippen LogP contribution < -0.4 is 4.74 Å². The predicted molar refractivity (Wildman–Crippen MR) is 76.0 cm³/mol. The van der Waals surface area contributed by atoms with E-state index in [1.165, 1.54) is 12.0 Å². The molecular weight excluding hydrogens is 290 g/mol. The van der Waals surface area contributed by atoms with Crippen molar-refractivity contribution in [1.29, 1.82) is 0 Å². The maximum absolute atomic E-state index is 12.6. The second-order valence-corrected chi connectivity index (χ2v) is 4.92. The van der Waals surface area contributed by atoms with E-state index in [4.69, 9.17) is 13.9 Å². The number of ether oxygens (including phenoxy) is 2. The van der Waals surface area contributed by atoms with Gasteiger partial charge in [-0.15, -0.1) is 0 Å². The zero-order valence-electron chi connectivity index (χ0n) is 11.9. The van der Waals surface area contributed by atoms with Crippen LogP contribution in [0.4, 0.5) is 0 Å². The van der Waals surface area contributed by atoms with Crippen molar-refractivity contribution >= 4 is 22.8 Å². The van der Waals surface area contributed by atoms with Gasteiger partial charge in [0.1, 0.15) is 0 Å². The lowest BCUT2D eigenvalue weighted by Crippen LogP contribution is -2.52. The average Bonchev–Trinajstić information content (AvgIpc) is 2.98. The number of morpholine rings is 1. The molecule has 0 unspecified atom stereocenters. The summed E-state index contributed by atoms with van der Waals surface area (Å²) in [6.45, 7) is 0.494. The van der Waals surface area contributed by atoms with E-state index < -0.39 is 17.9 Å². The Morgan fingerprint density at radius 3 is 2.95 bits per heavy atom. The van der Waals surface area contributed by atoms with E-state index >= 15 is 0 Å². The van der Waals surface area contributed by atoms with Crippen LogP contribution in [0.15, 0.2) is 28.7 Å². The number of hydrogen-bond acceptors (Lipinski definition) is 5. The topological polar surface area (TPSA) is 89.2 Å². The van der Waals surface area contributed by atoms with Crippen molar-refractivity contribution in [3.8, 4) is 5.75 Å². The van der Waals surface area contributed by atoms with Crippen molar-refractivity contribution in [1.82, 2.24) is 4.90 Å². The molecule has 1 aliphatic rings. The summed E-state index contributed by atoms with van der Waals surface area (Å²) in [6.07, 6.45) is 0. The number of carbonyl (C=O) groups excluding carboxylic acids is 1. The van der Waals surface area contributed by atoms with Crippen LogP contribution in [0.3, 0.4) is 0 Å². The number of amides is 1. The van der Waals surface area contributed by atoms with Crippen LogP contribution in [0.5, 0.6) is 5.75 Å². The molecule has 1 aromatic carbocycles. The van der Waals surface area contributed by atoms with Gasteiger partial charge in [-0.25, -0.2) is 4.79 Å². The van der Waals surface area contributed by atoms with Crippen molar-refractivity contribution < 1.29 is 28.6 Å². The Bertz CT molecular complexity index is 722. The minimum absolute atomic E-state index is 0.0232. The lowest BCUT2D eigenvalue weighted by molar-refractivity contribution is -0.147. The number of carboxylic acids is 1. The number of furan rings is 1. The van der Waals surface area contributed by atoms with Crippen LogP contribution in [0.2, 0.25) is 0 Å². The third-order valence-corrected chi connectivity index (χ3v) is 3.61. The van der Waals surface area contributed by atoms with Gasteiger partial charge in [-0.05, 0) is 12.1 Å². The van der Waals surface area contributed by atoms with Gasteiger partial charge in [0.25, 0.3) is 5.91 Å². The highest BCUT2D eigenvalue weighted by molar-refractivity contribution is 5.99. The number of nitrogens with zero attached hydrogens (tertiary/aromatic N) is 1. The molecule has 1 N–H and O–H groups in total. The molecule has 0 radical (unpaired) electrons. The lowest BCUT2D eigenvalue weighted by Gasteiger charge is -2.32. The Balaban J connectivity index is 1.96. The summed E-state index contributed by atoms with van der Waals surface area (Å²) in [5, 5.41) is 9.93. The number of rotatable bonds is 3. The predicted octanol–water partition coefficient (Wildman–Crippen LogP) is 1.37. The molecule has 1 aliphatic heterocycles. The van der Waals surface area contributed by atoms with Crippen LogP contribution in [0.25, 0.3) is 11.0 Å². The molecule has 3 rings (SSSR count). The number of fused-ring (bicyclic) bond motifs is 1. The van der Waals surface area contributed by atoms with Gasteiger partial charge in [0, 0.05) is 11.9 Å². The molecule has 0 spiro atoms. The van der Waals surface area contributed by atoms with Crippen LogP contribution in [0.1, 0.15) is 10.6 Å². The van der Waals surface area contributed by atoms with Crippen LogP contribution in [-0.2, 0) is 9.53 Å². The number of para-hydroxylation sites is 1. The number of aliphatic carboxylic acids is 1. The van der Waals surface area contributed by atoms with E-state index in [0.29, 0.717) is 17.9 Å². The van der Waals surface area contributed by atoms with Crippen molar-refractivity contribution in [3.05, 3.63) is 30.0 Å². The SMILES string of the molecule is COc1cccc2cc(C(=O)N3CCOC[C@H]3C(=O)O)oc12. The van der Waals surface area contributed by atoms with Gasteiger partial charge >= 0.3 is 5.97 Å². The highest BCUT2D eigenvalue weighted by Crippen LogP contribution is 2.29. The number of hydrogen-bond donors (Lipinski definition) is 1. The molecule has 1 fully saturated rings. The van der Waals surface area contributed by atoms with E-state index in [-0.39, 0.29) is 18.9 Å². The molecule has 2 aromatic rings. The van der Waals surface area contributed by atoms with Crippen LogP contribution in [-0.4, -0.2) is 54.8 Å². The van der Waals surface area contributed by atoms with Gasteiger partial charge in [0.15, 0.2) is 23.1 Å². The molecule has 116 valence electrons. The monoisotopic (exact) mass is 305 g/mol. The lowest BCUT2D eigenvalue weighted by atomic mass is 10.2. The first-order chi connectivity index (χ1) is 10.6. The first-order valence-electron chi connectivity index (χ1n) is 6.80. The van der Waals surface area contributed by atoms with E-state index in [0.717, 1.165) is 5.39 Å². The molecular formula is C15H15NO6. The first-order valence-corrected chi connectivity index (χ1v) is 6.80. The van der Waals surface area contributed by atoms with Crippen molar-refractivity contribution in [2.24, 2.45) is 0 Å². The van der Waals surface area contributed by atoms with Crippen molar-refractivity contribution in [3.63, 3.8) is 0 Å². The summed E-state index contributed by atoms with van der Waals surface area (Å²) >= 11 is 0. The van der Waals surface area contributed by atoms with E-state index in [1.54, 1.807) is 24.3 Å². The number of carboxylic acid groups (broad SMARTS) is 1. The molecule has 0 saturated carbocycles. The third-order valence-electron chi connectivity index (χ3n) is 3.61. The van der Waals surface area contributed by atoms with Gasteiger partial charge < -0.3 is 23.9 Å². The fourth-order valence-electron chi connectivity index (χ4n) is 2.50. The molecule has 1 aromatic heterocycles. The Morgan fingerprint density at radius 2 is 2.23 bits per heavy atom. The molecule has 7 heteroatoms. The Morgan fingerprint density at radius 1 is 1.41 bits per heavy atom. The van der Waals surface area contributed by atoms with E-state index in [2.05, 4.69) is 0 Å².